The largest absolute Gasteiger partial charge is 0.314 e. The lowest BCUT2D eigenvalue weighted by atomic mass is 10.2. The third-order valence-electron chi connectivity index (χ3n) is 4.22. The van der Waals surface area contributed by atoms with E-state index in [1.165, 1.54) is 31.4 Å². The van der Waals surface area contributed by atoms with Crippen LogP contribution in [0.2, 0.25) is 0 Å². The molecular formula is C16H19N3. The molecule has 0 radical (unpaired) electrons. The molecule has 0 amide bonds. The van der Waals surface area contributed by atoms with Crippen LogP contribution < -0.4 is 5.32 Å². The second-order valence-corrected chi connectivity index (χ2v) is 5.84. The molecule has 0 bridgehead atoms. The van der Waals surface area contributed by atoms with Crippen molar-refractivity contribution in [2.24, 2.45) is 5.92 Å². The number of para-hydroxylation sites is 1. The van der Waals surface area contributed by atoms with E-state index in [0.29, 0.717) is 0 Å². The van der Waals surface area contributed by atoms with Crippen LogP contribution in [0, 0.1) is 5.92 Å². The van der Waals surface area contributed by atoms with Crippen molar-refractivity contribution < 1.29 is 0 Å². The van der Waals surface area contributed by atoms with Gasteiger partial charge >= 0.3 is 0 Å². The molecular weight excluding hydrogens is 234 g/mol. The van der Waals surface area contributed by atoms with E-state index < -0.39 is 0 Å². The molecule has 1 aromatic heterocycles. The number of nitrogens with zero attached hydrogens (tertiary/aromatic N) is 2. The van der Waals surface area contributed by atoms with Gasteiger partial charge in [0.25, 0.3) is 0 Å². The first-order chi connectivity index (χ1) is 9.40. The van der Waals surface area contributed by atoms with Crippen LogP contribution in [0.5, 0.6) is 0 Å². The van der Waals surface area contributed by atoms with Gasteiger partial charge in [0.05, 0.1) is 11.9 Å². The van der Waals surface area contributed by atoms with Gasteiger partial charge in [-0.2, -0.15) is 5.10 Å². The summed E-state index contributed by atoms with van der Waals surface area (Å²) in [5, 5.41) is 8.12. The minimum atomic E-state index is 0.726. The number of aromatic nitrogens is 2. The summed E-state index contributed by atoms with van der Waals surface area (Å²) in [5.41, 5.74) is 2.54. The SMILES string of the molecule is c1ccc(-n2cc(C3CC3CNC3CC3)cn2)cc1. The summed E-state index contributed by atoms with van der Waals surface area (Å²) in [5.74, 6) is 1.55. The Morgan fingerprint density at radius 3 is 2.84 bits per heavy atom. The third-order valence-corrected chi connectivity index (χ3v) is 4.22. The molecule has 2 unspecified atom stereocenters. The predicted molar refractivity (Wildman–Crippen MR) is 75.4 cm³/mol. The highest BCUT2D eigenvalue weighted by Crippen LogP contribution is 2.47. The van der Waals surface area contributed by atoms with E-state index in [1.54, 1.807) is 0 Å². The number of hydrogen-bond donors (Lipinski definition) is 1. The summed E-state index contributed by atoms with van der Waals surface area (Å²) in [4.78, 5) is 0. The van der Waals surface area contributed by atoms with Gasteiger partial charge in [-0.3, -0.25) is 0 Å². The van der Waals surface area contributed by atoms with E-state index in [2.05, 4.69) is 40.9 Å². The zero-order valence-corrected chi connectivity index (χ0v) is 11.0. The molecule has 0 spiro atoms. The molecule has 2 aliphatic rings. The summed E-state index contributed by atoms with van der Waals surface area (Å²) in [6.07, 6.45) is 8.30. The Balaban J connectivity index is 1.41. The molecule has 1 N–H and O–H groups in total. The summed E-state index contributed by atoms with van der Waals surface area (Å²) < 4.78 is 1.99. The molecule has 2 saturated carbocycles. The van der Waals surface area contributed by atoms with Crippen LogP contribution in [0.1, 0.15) is 30.7 Å². The minimum absolute atomic E-state index is 0.726. The Morgan fingerprint density at radius 2 is 2.05 bits per heavy atom. The van der Waals surface area contributed by atoms with E-state index in [1.807, 2.05) is 16.9 Å². The fourth-order valence-corrected chi connectivity index (χ4v) is 2.74. The monoisotopic (exact) mass is 253 g/mol. The Labute approximate surface area is 113 Å². The molecule has 2 aromatic rings. The zero-order valence-electron chi connectivity index (χ0n) is 11.0. The van der Waals surface area contributed by atoms with E-state index >= 15 is 0 Å². The van der Waals surface area contributed by atoms with Gasteiger partial charge < -0.3 is 5.32 Å². The molecule has 2 aliphatic carbocycles. The van der Waals surface area contributed by atoms with Crippen molar-refractivity contribution in [3.63, 3.8) is 0 Å². The summed E-state index contributed by atoms with van der Waals surface area (Å²) in [6, 6.07) is 11.2. The molecule has 19 heavy (non-hydrogen) atoms. The first-order valence-electron chi connectivity index (χ1n) is 7.23. The Bertz CT molecular complexity index is 556. The average molecular weight is 253 g/mol. The van der Waals surface area contributed by atoms with Gasteiger partial charge in [0, 0.05) is 12.2 Å². The van der Waals surface area contributed by atoms with Gasteiger partial charge in [-0.05, 0) is 55.3 Å². The Morgan fingerprint density at radius 1 is 1.21 bits per heavy atom. The molecule has 0 aliphatic heterocycles. The lowest BCUT2D eigenvalue weighted by Crippen LogP contribution is -2.19. The van der Waals surface area contributed by atoms with Crippen molar-refractivity contribution in [1.29, 1.82) is 0 Å². The molecule has 4 rings (SSSR count). The number of benzene rings is 1. The number of rotatable bonds is 5. The van der Waals surface area contributed by atoms with Crippen LogP contribution in [0.4, 0.5) is 0 Å². The second kappa shape index (κ2) is 4.49. The molecule has 3 heteroatoms. The standard InChI is InChI=1S/C16H19N3/c1-2-4-15(5-3-1)19-11-13(10-18-19)16-8-12(16)9-17-14-6-7-14/h1-5,10-12,14,16-17H,6-9H2. The van der Waals surface area contributed by atoms with Gasteiger partial charge in [-0.1, -0.05) is 18.2 Å². The van der Waals surface area contributed by atoms with Gasteiger partial charge in [-0.25, -0.2) is 4.68 Å². The quantitative estimate of drug-likeness (QED) is 0.888. The van der Waals surface area contributed by atoms with E-state index in [4.69, 9.17) is 0 Å². The molecule has 98 valence electrons. The van der Waals surface area contributed by atoms with Crippen molar-refractivity contribution in [2.75, 3.05) is 6.54 Å². The summed E-state index contributed by atoms with van der Waals surface area (Å²) in [6.45, 7) is 1.19. The van der Waals surface area contributed by atoms with Crippen LogP contribution in [0.25, 0.3) is 5.69 Å². The fourth-order valence-electron chi connectivity index (χ4n) is 2.74. The van der Waals surface area contributed by atoms with E-state index in [-0.39, 0.29) is 0 Å². The maximum Gasteiger partial charge on any atom is 0.0645 e. The normalized spacial score (nSPS) is 25.5. The lowest BCUT2D eigenvalue weighted by molar-refractivity contribution is 0.624. The molecule has 1 heterocycles. The summed E-state index contributed by atoms with van der Waals surface area (Å²) in [7, 11) is 0. The highest BCUT2D eigenvalue weighted by Gasteiger charge is 2.39. The molecule has 2 fully saturated rings. The molecule has 0 saturated heterocycles. The first-order valence-corrected chi connectivity index (χ1v) is 7.23. The zero-order chi connectivity index (χ0) is 12.7. The van der Waals surface area contributed by atoms with Crippen LogP contribution >= 0.6 is 0 Å². The van der Waals surface area contributed by atoms with Gasteiger partial charge in [0.1, 0.15) is 0 Å². The molecule has 2 atom stereocenters. The van der Waals surface area contributed by atoms with E-state index in [0.717, 1.165) is 23.6 Å². The lowest BCUT2D eigenvalue weighted by Gasteiger charge is -2.00. The number of hydrogen-bond acceptors (Lipinski definition) is 2. The van der Waals surface area contributed by atoms with Crippen molar-refractivity contribution >= 4 is 0 Å². The minimum Gasteiger partial charge on any atom is -0.314 e. The molecule has 3 nitrogen and oxygen atoms in total. The smallest absolute Gasteiger partial charge is 0.0645 e. The molecule has 1 aromatic carbocycles. The highest BCUT2D eigenvalue weighted by atomic mass is 15.3. The van der Waals surface area contributed by atoms with Crippen LogP contribution in [-0.2, 0) is 0 Å². The average Bonchev–Trinajstić information content (AvgIpc) is 3.37. The van der Waals surface area contributed by atoms with Crippen LogP contribution in [0.15, 0.2) is 42.7 Å². The highest BCUT2D eigenvalue weighted by molar-refractivity contribution is 5.32. The Hall–Kier alpha value is -1.61. The van der Waals surface area contributed by atoms with Crippen LogP contribution in [0.3, 0.4) is 0 Å². The van der Waals surface area contributed by atoms with Gasteiger partial charge in [-0.15, -0.1) is 0 Å². The van der Waals surface area contributed by atoms with Gasteiger partial charge in [0.2, 0.25) is 0 Å². The van der Waals surface area contributed by atoms with Crippen LogP contribution in [-0.4, -0.2) is 22.4 Å². The second-order valence-electron chi connectivity index (χ2n) is 5.84. The van der Waals surface area contributed by atoms with Crippen molar-refractivity contribution in [3.8, 4) is 5.69 Å². The maximum absolute atomic E-state index is 4.49. The van der Waals surface area contributed by atoms with Crippen molar-refractivity contribution in [1.82, 2.24) is 15.1 Å². The Kier molecular flexibility index (Phi) is 2.66. The van der Waals surface area contributed by atoms with E-state index in [9.17, 15) is 0 Å². The first kappa shape index (κ1) is 11.2. The van der Waals surface area contributed by atoms with Crippen molar-refractivity contribution in [2.45, 2.75) is 31.2 Å². The maximum atomic E-state index is 4.49. The van der Waals surface area contributed by atoms with Crippen molar-refractivity contribution in [3.05, 3.63) is 48.3 Å². The fraction of sp³-hybridized carbons (Fsp3) is 0.438. The summed E-state index contributed by atoms with van der Waals surface area (Å²) >= 11 is 0. The third kappa shape index (κ3) is 2.43. The number of nitrogens with one attached hydrogen (secondary N) is 1. The predicted octanol–water partition coefficient (Wildman–Crippen LogP) is 2.73. The van der Waals surface area contributed by atoms with Gasteiger partial charge in [0.15, 0.2) is 0 Å². The topological polar surface area (TPSA) is 29.9 Å².